The van der Waals surface area contributed by atoms with Crippen molar-refractivity contribution in [3.05, 3.63) is 205 Å². The number of hydrogen-bond donors (Lipinski definition) is 0. The monoisotopic (exact) mass is 774 g/mol. The number of fused-ring (bicyclic) bond motifs is 3. The normalized spacial score (nSPS) is 12.2. The molecule has 0 unspecified atom stereocenters. The number of pyridine rings is 2. The molecule has 59 heavy (non-hydrogen) atoms. The van der Waals surface area contributed by atoms with Crippen LogP contribution >= 0.6 is 0 Å². The Balaban J connectivity index is 1.19. The Morgan fingerprint density at radius 3 is 0.847 bits per heavy atom. The Morgan fingerprint density at radius 1 is 0.339 bits per heavy atom. The second kappa shape index (κ2) is 15.8. The Kier molecular flexibility index (Phi) is 9.88. The van der Waals surface area contributed by atoms with Crippen molar-refractivity contribution in [2.75, 3.05) is 38.2 Å². The first-order chi connectivity index (χ1) is 29.0. The van der Waals surface area contributed by atoms with E-state index in [0.29, 0.717) is 0 Å². The van der Waals surface area contributed by atoms with E-state index in [9.17, 15) is 0 Å². The molecule has 2 aromatic heterocycles. The van der Waals surface area contributed by atoms with E-state index in [1.54, 1.807) is 28.4 Å². The molecule has 0 spiro atoms. The van der Waals surface area contributed by atoms with Crippen LogP contribution in [0.25, 0.3) is 11.4 Å². The molecule has 6 aromatic carbocycles. The third-order valence-electron chi connectivity index (χ3n) is 11.1. The van der Waals surface area contributed by atoms with Crippen LogP contribution in [0.3, 0.4) is 0 Å². The quantitative estimate of drug-likeness (QED) is 0.122. The van der Waals surface area contributed by atoms with Crippen molar-refractivity contribution in [1.29, 1.82) is 0 Å². The second-order valence-corrected chi connectivity index (χ2v) is 14.1. The predicted octanol–water partition coefficient (Wildman–Crippen LogP) is 11.8. The van der Waals surface area contributed by atoms with E-state index >= 15 is 0 Å². The van der Waals surface area contributed by atoms with E-state index in [1.807, 2.05) is 73.1 Å². The molecule has 1 aliphatic rings. The van der Waals surface area contributed by atoms with Crippen molar-refractivity contribution in [2.24, 2.45) is 0 Å². The predicted molar refractivity (Wildman–Crippen MR) is 235 cm³/mol. The highest BCUT2D eigenvalue weighted by molar-refractivity contribution is 5.84. The maximum Gasteiger partial charge on any atom is 0.119 e. The first-order valence-corrected chi connectivity index (χ1v) is 19.3. The first kappa shape index (κ1) is 37.0. The Hall–Kier alpha value is -7.58. The second-order valence-electron chi connectivity index (χ2n) is 14.1. The molecule has 8 nitrogen and oxygen atoms in total. The summed E-state index contributed by atoms with van der Waals surface area (Å²) in [6.07, 6.45) is 3.70. The van der Waals surface area contributed by atoms with E-state index in [1.165, 1.54) is 0 Å². The van der Waals surface area contributed by atoms with Gasteiger partial charge >= 0.3 is 0 Å². The van der Waals surface area contributed by atoms with Crippen LogP contribution in [0.15, 0.2) is 182 Å². The lowest BCUT2D eigenvalue weighted by Crippen LogP contribution is -2.29. The molecule has 0 aliphatic heterocycles. The number of anilines is 6. The Morgan fingerprint density at radius 2 is 0.593 bits per heavy atom. The third kappa shape index (κ3) is 6.54. The van der Waals surface area contributed by atoms with Crippen LogP contribution in [0.5, 0.6) is 23.0 Å². The van der Waals surface area contributed by atoms with Crippen LogP contribution in [-0.4, -0.2) is 38.4 Å². The summed E-state index contributed by atoms with van der Waals surface area (Å²) in [4.78, 5) is 14.3. The third-order valence-corrected chi connectivity index (χ3v) is 11.1. The summed E-state index contributed by atoms with van der Waals surface area (Å²) < 4.78 is 22.0. The van der Waals surface area contributed by atoms with E-state index in [-0.39, 0.29) is 0 Å². The van der Waals surface area contributed by atoms with Gasteiger partial charge in [0.2, 0.25) is 0 Å². The molecule has 8 aromatic rings. The number of aromatic nitrogens is 2. The summed E-state index contributed by atoms with van der Waals surface area (Å²) in [6.45, 7) is 0. The summed E-state index contributed by atoms with van der Waals surface area (Å²) in [5.41, 5.74) is 11.4. The molecular weight excluding hydrogens is 733 g/mol. The zero-order valence-corrected chi connectivity index (χ0v) is 33.2. The SMILES string of the molecule is COc1ccc(N(c2ccc(OC)cc2)c2ccc(C3(c4ccc(N(c5ccc(OC)cc5)c5ccc(OC)cc5)cc4)c4cccnc4-c4ncccc43)cc2)cc1. The van der Waals surface area contributed by atoms with Crippen LogP contribution in [-0.2, 0) is 5.41 Å². The van der Waals surface area contributed by atoms with Gasteiger partial charge in [0.15, 0.2) is 0 Å². The zero-order valence-electron chi connectivity index (χ0n) is 33.2. The van der Waals surface area contributed by atoms with Crippen molar-refractivity contribution < 1.29 is 18.9 Å². The van der Waals surface area contributed by atoms with Gasteiger partial charge in [-0.1, -0.05) is 36.4 Å². The smallest absolute Gasteiger partial charge is 0.119 e. The van der Waals surface area contributed by atoms with Crippen molar-refractivity contribution in [3.8, 4) is 34.4 Å². The van der Waals surface area contributed by atoms with E-state index in [2.05, 4.69) is 119 Å². The molecule has 9 rings (SSSR count). The van der Waals surface area contributed by atoms with Gasteiger partial charge in [0.05, 0.1) is 45.2 Å². The maximum absolute atomic E-state index is 5.50. The van der Waals surface area contributed by atoms with Gasteiger partial charge in [-0.25, -0.2) is 0 Å². The molecule has 1 aliphatic carbocycles. The number of ether oxygens (including phenoxy) is 4. The summed E-state index contributed by atoms with van der Waals surface area (Å²) in [5.74, 6) is 3.18. The molecule has 0 amide bonds. The summed E-state index contributed by atoms with van der Waals surface area (Å²) in [5, 5.41) is 0. The van der Waals surface area contributed by atoms with E-state index in [0.717, 1.165) is 90.8 Å². The van der Waals surface area contributed by atoms with Gasteiger partial charge in [-0.05, 0) is 156 Å². The van der Waals surface area contributed by atoms with E-state index < -0.39 is 5.41 Å². The molecule has 0 saturated carbocycles. The molecular formula is C51H42N4O4. The standard InChI is InChI=1S/C51H42N4O4/c1-56-43-25-17-39(18-26-43)54(40-19-27-44(57-2)28-20-40)37-13-9-35(10-14-37)51(47-7-5-33-52-49(47)50-48(51)8-6-34-53-50)36-11-15-38(16-12-36)55(41-21-29-45(58-3)30-22-41)42-23-31-46(59-4)32-24-42/h5-34H,1-4H3. The number of methoxy groups -OCH3 is 4. The molecule has 0 saturated heterocycles. The highest BCUT2D eigenvalue weighted by Crippen LogP contribution is 2.55. The number of rotatable bonds is 12. The summed E-state index contributed by atoms with van der Waals surface area (Å²) in [6, 6.07) is 58.6. The van der Waals surface area contributed by atoms with E-state index in [4.69, 9.17) is 28.9 Å². The fourth-order valence-corrected chi connectivity index (χ4v) is 8.27. The van der Waals surface area contributed by atoms with Crippen LogP contribution in [0.1, 0.15) is 22.3 Å². The summed E-state index contributed by atoms with van der Waals surface area (Å²) in [7, 11) is 6.72. The van der Waals surface area contributed by atoms with Crippen molar-refractivity contribution >= 4 is 34.1 Å². The van der Waals surface area contributed by atoms with Gasteiger partial charge in [-0.2, -0.15) is 0 Å². The molecule has 0 radical (unpaired) electrons. The molecule has 2 heterocycles. The molecule has 0 atom stereocenters. The van der Waals surface area contributed by atoms with Crippen molar-refractivity contribution in [1.82, 2.24) is 9.97 Å². The average Bonchev–Trinajstić information content (AvgIpc) is 3.61. The summed E-state index contributed by atoms with van der Waals surface area (Å²) >= 11 is 0. The topological polar surface area (TPSA) is 69.2 Å². The molecule has 0 bridgehead atoms. The van der Waals surface area contributed by atoms with Crippen LogP contribution < -0.4 is 28.7 Å². The van der Waals surface area contributed by atoms with Crippen LogP contribution in [0, 0.1) is 0 Å². The first-order valence-electron chi connectivity index (χ1n) is 19.3. The van der Waals surface area contributed by atoms with Crippen LogP contribution in [0.2, 0.25) is 0 Å². The number of hydrogen-bond acceptors (Lipinski definition) is 8. The van der Waals surface area contributed by atoms with Gasteiger partial charge in [-0.15, -0.1) is 0 Å². The van der Waals surface area contributed by atoms with Gasteiger partial charge in [0.25, 0.3) is 0 Å². The molecule has 290 valence electrons. The lowest BCUT2D eigenvalue weighted by Gasteiger charge is -2.34. The minimum Gasteiger partial charge on any atom is -0.497 e. The average molecular weight is 775 g/mol. The lowest BCUT2D eigenvalue weighted by molar-refractivity contribution is 0.414. The largest absolute Gasteiger partial charge is 0.497 e. The minimum absolute atomic E-state index is 0.708. The van der Waals surface area contributed by atoms with Gasteiger partial charge < -0.3 is 28.7 Å². The fourth-order valence-electron chi connectivity index (χ4n) is 8.27. The Bertz CT molecular complexity index is 2400. The van der Waals surface area contributed by atoms with Crippen molar-refractivity contribution in [2.45, 2.75) is 5.41 Å². The van der Waals surface area contributed by atoms with Gasteiger partial charge in [0.1, 0.15) is 23.0 Å². The van der Waals surface area contributed by atoms with Gasteiger partial charge in [0, 0.05) is 46.5 Å². The van der Waals surface area contributed by atoms with Crippen molar-refractivity contribution in [3.63, 3.8) is 0 Å². The van der Waals surface area contributed by atoms with Gasteiger partial charge in [-0.3, -0.25) is 9.97 Å². The number of benzene rings is 6. The zero-order chi connectivity index (χ0) is 40.3. The maximum atomic E-state index is 5.50. The van der Waals surface area contributed by atoms with Crippen LogP contribution in [0.4, 0.5) is 34.1 Å². The molecule has 0 N–H and O–H groups in total. The molecule has 8 heteroatoms. The molecule has 0 fully saturated rings. The highest BCUT2D eigenvalue weighted by atomic mass is 16.5. The highest BCUT2D eigenvalue weighted by Gasteiger charge is 2.47. The fraction of sp³-hybridized carbons (Fsp3) is 0.0980. The number of nitrogens with zero attached hydrogens (tertiary/aromatic N) is 4. The lowest BCUT2D eigenvalue weighted by atomic mass is 9.68. The Labute approximate surface area is 344 Å². The minimum atomic E-state index is -0.708.